The zero-order valence-corrected chi connectivity index (χ0v) is 14.1. The van der Waals surface area contributed by atoms with E-state index in [9.17, 15) is 0 Å². The zero-order chi connectivity index (χ0) is 13.8. The monoisotopic (exact) mass is 334 g/mol. The maximum atomic E-state index is 5.94. The molecule has 0 aromatic heterocycles. The van der Waals surface area contributed by atoms with Gasteiger partial charge in [0, 0.05) is 0 Å². The van der Waals surface area contributed by atoms with E-state index in [1.807, 2.05) is 0 Å². The number of halogens is 2. The molecule has 0 aromatic rings. The van der Waals surface area contributed by atoms with Gasteiger partial charge in [-0.1, -0.05) is 41.8 Å². The number of hydrogen-bond donors (Lipinski definition) is 0. The third-order valence-electron chi connectivity index (χ3n) is 3.39. The van der Waals surface area contributed by atoms with Crippen molar-refractivity contribution in [3.8, 4) is 0 Å². The minimum Gasteiger partial charge on any atom is -0.336 e. The lowest BCUT2D eigenvalue weighted by Gasteiger charge is -2.12. The average Bonchev–Trinajstić information content (AvgIpc) is 2.87. The van der Waals surface area contributed by atoms with Crippen LogP contribution in [0.5, 0.6) is 0 Å². The summed E-state index contributed by atoms with van der Waals surface area (Å²) in [4.78, 5) is 0. The fourth-order valence-corrected chi connectivity index (χ4v) is 2.82. The summed E-state index contributed by atoms with van der Waals surface area (Å²) >= 11 is 9.50. The van der Waals surface area contributed by atoms with Crippen LogP contribution in [0.2, 0.25) is 0 Å². The third kappa shape index (κ3) is 5.07. The third-order valence-corrected chi connectivity index (χ3v) is 5.45. The largest absolute Gasteiger partial charge is 0.336 e. The van der Waals surface area contributed by atoms with Gasteiger partial charge >= 0.3 is 0 Å². The van der Waals surface area contributed by atoms with Gasteiger partial charge in [-0.15, -0.1) is 0 Å². The Morgan fingerprint density at radius 1 is 1.33 bits per heavy atom. The van der Waals surface area contributed by atoms with Gasteiger partial charge in [0.25, 0.3) is 0 Å². The predicted octanol–water partition coefficient (Wildman–Crippen LogP) is 5.78. The van der Waals surface area contributed by atoms with Crippen LogP contribution in [-0.2, 0) is 4.74 Å². The van der Waals surface area contributed by atoms with Gasteiger partial charge in [-0.2, -0.15) is 0 Å². The number of alkyl halides is 2. The summed E-state index contributed by atoms with van der Waals surface area (Å²) in [5.74, 6) is 0.446. The van der Waals surface area contributed by atoms with Crippen molar-refractivity contribution in [3.05, 3.63) is 23.3 Å². The van der Waals surface area contributed by atoms with Crippen LogP contribution in [0.4, 0.5) is 0 Å². The van der Waals surface area contributed by atoms with Crippen molar-refractivity contribution in [1.29, 1.82) is 0 Å². The van der Waals surface area contributed by atoms with Gasteiger partial charge in [0.15, 0.2) is 10.1 Å². The Bertz CT molecular complexity index is 333. The average molecular weight is 336 g/mol. The molecule has 0 aliphatic carbocycles. The highest BCUT2D eigenvalue weighted by Crippen LogP contribution is 2.52. The lowest BCUT2D eigenvalue weighted by Crippen LogP contribution is -2.15. The number of epoxide rings is 1. The molecule has 1 heterocycles. The topological polar surface area (TPSA) is 12.5 Å². The fourth-order valence-electron chi connectivity index (χ4n) is 1.93. The molecule has 0 spiro atoms. The number of ether oxygens (including phenoxy) is 1. The Morgan fingerprint density at radius 2 is 1.94 bits per heavy atom. The van der Waals surface area contributed by atoms with Crippen LogP contribution in [0.1, 0.15) is 53.4 Å². The highest BCUT2D eigenvalue weighted by Gasteiger charge is 2.57. The van der Waals surface area contributed by atoms with Gasteiger partial charge in [-0.05, 0) is 68.3 Å². The van der Waals surface area contributed by atoms with Gasteiger partial charge in [-0.25, -0.2) is 0 Å². The van der Waals surface area contributed by atoms with E-state index in [4.69, 9.17) is 16.3 Å². The standard InChI is InChI=1S/C15H24BrClO/c1-11(2)7-5-8-12(3)9-6-10-13(4)15(16)14(17)18-15/h7,9,13-14H,5-6,8,10H2,1-4H3/b12-9+. The molecule has 0 saturated carbocycles. The molecule has 18 heavy (non-hydrogen) atoms. The molecule has 0 bridgehead atoms. The van der Waals surface area contributed by atoms with Crippen LogP contribution >= 0.6 is 27.5 Å². The SMILES string of the molecule is CC(C)=CCC/C(C)=C/CCC(C)C1(Br)OC1Cl. The Morgan fingerprint density at radius 3 is 2.44 bits per heavy atom. The van der Waals surface area contributed by atoms with Gasteiger partial charge in [-0.3, -0.25) is 0 Å². The van der Waals surface area contributed by atoms with Crippen LogP contribution in [0.15, 0.2) is 23.3 Å². The molecule has 1 saturated heterocycles. The van der Waals surface area contributed by atoms with E-state index >= 15 is 0 Å². The summed E-state index contributed by atoms with van der Waals surface area (Å²) < 4.78 is 5.10. The molecule has 3 unspecified atom stereocenters. The van der Waals surface area contributed by atoms with E-state index in [1.165, 1.54) is 11.1 Å². The summed E-state index contributed by atoms with van der Waals surface area (Å²) in [6.45, 7) is 8.69. The second-order valence-corrected chi connectivity index (χ2v) is 7.12. The van der Waals surface area contributed by atoms with E-state index in [-0.39, 0.29) is 10.1 Å². The second kappa shape index (κ2) is 7.12. The van der Waals surface area contributed by atoms with Crippen LogP contribution in [0, 0.1) is 5.92 Å². The lowest BCUT2D eigenvalue weighted by molar-refractivity contribution is 0.308. The van der Waals surface area contributed by atoms with Crippen molar-refractivity contribution in [2.24, 2.45) is 5.92 Å². The van der Waals surface area contributed by atoms with Gasteiger partial charge in [0.05, 0.1) is 0 Å². The molecule has 0 radical (unpaired) electrons. The quantitative estimate of drug-likeness (QED) is 0.326. The first-order chi connectivity index (χ1) is 8.36. The number of allylic oxidation sites excluding steroid dienone is 4. The Kier molecular flexibility index (Phi) is 6.43. The normalized spacial score (nSPS) is 29.0. The maximum Gasteiger partial charge on any atom is 0.172 e. The molecule has 1 fully saturated rings. The van der Waals surface area contributed by atoms with Crippen molar-refractivity contribution in [2.75, 3.05) is 0 Å². The van der Waals surface area contributed by atoms with Gasteiger partial charge in [0.1, 0.15) is 0 Å². The molecular weight excluding hydrogens is 312 g/mol. The van der Waals surface area contributed by atoms with Crippen molar-refractivity contribution < 1.29 is 4.74 Å². The van der Waals surface area contributed by atoms with E-state index < -0.39 is 0 Å². The van der Waals surface area contributed by atoms with Crippen LogP contribution < -0.4 is 0 Å². The van der Waals surface area contributed by atoms with Gasteiger partial charge < -0.3 is 4.74 Å². The summed E-state index contributed by atoms with van der Waals surface area (Å²) in [6, 6.07) is 0. The molecule has 0 amide bonds. The van der Waals surface area contributed by atoms with E-state index in [0.717, 1.165) is 25.7 Å². The summed E-state index contributed by atoms with van der Waals surface area (Å²) in [6.07, 6.45) is 9.15. The van der Waals surface area contributed by atoms with Crippen LogP contribution in [0.25, 0.3) is 0 Å². The minimum atomic E-state index is -0.266. The van der Waals surface area contributed by atoms with E-state index in [0.29, 0.717) is 5.92 Å². The summed E-state index contributed by atoms with van der Waals surface area (Å²) in [5, 5.41) is 0. The van der Waals surface area contributed by atoms with Gasteiger partial charge in [0.2, 0.25) is 0 Å². The maximum absolute atomic E-state index is 5.94. The molecule has 0 N–H and O–H groups in total. The molecule has 1 aliphatic rings. The fraction of sp³-hybridized carbons (Fsp3) is 0.733. The van der Waals surface area contributed by atoms with E-state index in [1.54, 1.807) is 0 Å². The molecule has 1 rings (SSSR count). The second-order valence-electron chi connectivity index (χ2n) is 5.48. The molecule has 104 valence electrons. The number of hydrogen-bond acceptors (Lipinski definition) is 1. The summed E-state index contributed by atoms with van der Waals surface area (Å²) in [5.41, 5.74) is 2.72. The highest BCUT2D eigenvalue weighted by atomic mass is 79.9. The van der Waals surface area contributed by atoms with Crippen molar-refractivity contribution >= 4 is 27.5 Å². The Balaban J connectivity index is 2.21. The molecule has 0 aromatic carbocycles. The molecular formula is C15H24BrClO. The first-order valence-electron chi connectivity index (χ1n) is 6.66. The number of rotatable bonds is 7. The Hall–Kier alpha value is 0.210. The molecule has 1 aliphatic heterocycles. The van der Waals surface area contributed by atoms with E-state index in [2.05, 4.69) is 55.8 Å². The molecule has 1 nitrogen and oxygen atoms in total. The highest BCUT2D eigenvalue weighted by molar-refractivity contribution is 9.10. The molecule has 3 atom stereocenters. The first-order valence-corrected chi connectivity index (χ1v) is 7.89. The lowest BCUT2D eigenvalue weighted by atomic mass is 10.0. The summed E-state index contributed by atoms with van der Waals surface area (Å²) in [7, 11) is 0. The van der Waals surface area contributed by atoms with Crippen LogP contribution in [0.3, 0.4) is 0 Å². The first kappa shape index (κ1) is 16.3. The zero-order valence-electron chi connectivity index (χ0n) is 11.8. The van der Waals surface area contributed by atoms with Crippen LogP contribution in [-0.4, -0.2) is 10.1 Å². The van der Waals surface area contributed by atoms with Crippen molar-refractivity contribution in [3.63, 3.8) is 0 Å². The van der Waals surface area contributed by atoms with Crippen molar-refractivity contribution in [2.45, 2.75) is 63.5 Å². The van der Waals surface area contributed by atoms with Crippen molar-refractivity contribution in [1.82, 2.24) is 0 Å². The minimum absolute atomic E-state index is 0.157. The smallest absolute Gasteiger partial charge is 0.172 e. The Labute approximate surface area is 125 Å². The molecule has 3 heteroatoms. The predicted molar refractivity (Wildman–Crippen MR) is 83.2 cm³/mol.